The zero-order valence-corrected chi connectivity index (χ0v) is 21.4. The predicted octanol–water partition coefficient (Wildman–Crippen LogP) is 3.58. The van der Waals surface area contributed by atoms with E-state index in [4.69, 9.17) is 15.2 Å². The molecule has 5 N–H and O–H groups in total. The highest BCUT2D eigenvalue weighted by molar-refractivity contribution is 6.08. The third-order valence-corrected chi connectivity index (χ3v) is 6.20. The third kappa shape index (κ3) is 5.67. The van der Waals surface area contributed by atoms with Gasteiger partial charge in [-0.15, -0.1) is 0 Å². The van der Waals surface area contributed by atoms with Gasteiger partial charge >= 0.3 is 0 Å². The van der Waals surface area contributed by atoms with E-state index in [2.05, 4.69) is 20.9 Å². The number of aromatic nitrogens is 1. The molecule has 2 amide bonds. The Labute approximate surface area is 216 Å². The van der Waals surface area contributed by atoms with Crippen LogP contribution in [0.2, 0.25) is 0 Å². The van der Waals surface area contributed by atoms with Crippen LogP contribution in [0.25, 0.3) is 10.9 Å². The Bertz CT molecular complexity index is 1340. The number of nitrogens with one attached hydrogen (secondary N) is 3. The van der Waals surface area contributed by atoms with Crippen LogP contribution in [0.3, 0.4) is 0 Å². The van der Waals surface area contributed by atoms with E-state index in [0.717, 1.165) is 16.8 Å². The molecule has 0 unspecified atom stereocenters. The number of fused-ring (bicyclic) bond motifs is 1. The molecule has 9 heteroatoms. The van der Waals surface area contributed by atoms with E-state index in [1.165, 1.54) is 6.20 Å². The van der Waals surface area contributed by atoms with Crippen molar-refractivity contribution in [1.29, 1.82) is 0 Å². The maximum Gasteiger partial charge on any atom is 0.252 e. The van der Waals surface area contributed by atoms with Gasteiger partial charge in [-0.3, -0.25) is 19.9 Å². The quantitative estimate of drug-likeness (QED) is 0.295. The average Bonchev–Trinajstić information content (AvgIpc) is 3.43. The normalized spacial score (nSPS) is 14.5. The topological polar surface area (TPSA) is 128 Å². The molecule has 2 aromatic carbocycles. The smallest absolute Gasteiger partial charge is 0.252 e. The highest BCUT2D eigenvalue weighted by Gasteiger charge is 2.20. The van der Waals surface area contributed by atoms with Gasteiger partial charge in [-0.1, -0.05) is 31.2 Å². The predicted molar refractivity (Wildman–Crippen MR) is 144 cm³/mol. The molecule has 2 heterocycles. The van der Waals surface area contributed by atoms with Crippen molar-refractivity contribution in [2.24, 2.45) is 5.73 Å². The zero-order chi connectivity index (χ0) is 26.4. The lowest BCUT2D eigenvalue weighted by atomic mass is 10.0. The molecule has 0 radical (unpaired) electrons. The average molecular weight is 504 g/mol. The highest BCUT2D eigenvalue weighted by Crippen LogP contribution is 2.38. The summed E-state index contributed by atoms with van der Waals surface area (Å²) in [4.78, 5) is 29.3. The number of rotatable bonds is 11. The van der Waals surface area contributed by atoms with Crippen molar-refractivity contribution in [3.8, 4) is 11.5 Å². The number of pyridine rings is 1. The van der Waals surface area contributed by atoms with E-state index in [1.54, 1.807) is 6.07 Å². The monoisotopic (exact) mass is 503 g/mol. The van der Waals surface area contributed by atoms with Crippen LogP contribution in [-0.2, 0) is 17.8 Å². The molecule has 1 aliphatic rings. The van der Waals surface area contributed by atoms with E-state index in [1.807, 2.05) is 57.2 Å². The Morgan fingerprint density at radius 3 is 2.54 bits per heavy atom. The van der Waals surface area contributed by atoms with Crippen LogP contribution in [0.4, 0.5) is 11.4 Å². The summed E-state index contributed by atoms with van der Waals surface area (Å²) in [6.45, 7) is 7.86. The molecule has 1 aromatic heterocycles. The van der Waals surface area contributed by atoms with Gasteiger partial charge in [-0.2, -0.15) is 0 Å². The van der Waals surface area contributed by atoms with Crippen LogP contribution < -0.4 is 31.2 Å². The number of benzene rings is 2. The number of anilines is 2. The second-order valence-corrected chi connectivity index (χ2v) is 8.55. The molecule has 1 aliphatic heterocycles. The molecule has 0 aliphatic carbocycles. The van der Waals surface area contributed by atoms with Gasteiger partial charge < -0.3 is 25.8 Å². The number of amides is 2. The molecular formula is C28H33N5O4. The lowest BCUT2D eigenvalue weighted by Crippen LogP contribution is -2.40. The van der Waals surface area contributed by atoms with Gasteiger partial charge in [-0.25, -0.2) is 0 Å². The van der Waals surface area contributed by atoms with Crippen LogP contribution >= 0.6 is 0 Å². The SMILES string of the molecule is CCOc1cc2ncc(C(N)=O)c(Nc3cccc(CNC(=O)[C@@H]4C=CCN4)c3CC)c2cc1OCC. The van der Waals surface area contributed by atoms with Crippen LogP contribution in [0.15, 0.2) is 48.7 Å². The summed E-state index contributed by atoms with van der Waals surface area (Å²) in [5, 5.41) is 10.3. The van der Waals surface area contributed by atoms with E-state index >= 15 is 0 Å². The van der Waals surface area contributed by atoms with Gasteiger partial charge in [0.1, 0.15) is 6.04 Å². The molecule has 1 atom stereocenters. The lowest BCUT2D eigenvalue weighted by molar-refractivity contribution is -0.122. The first kappa shape index (κ1) is 26.0. The summed E-state index contributed by atoms with van der Waals surface area (Å²) in [7, 11) is 0. The highest BCUT2D eigenvalue weighted by atomic mass is 16.5. The molecule has 3 aromatic rings. The van der Waals surface area contributed by atoms with Crippen molar-refractivity contribution in [2.75, 3.05) is 25.1 Å². The summed E-state index contributed by atoms with van der Waals surface area (Å²) in [5.41, 5.74) is 10.00. The second-order valence-electron chi connectivity index (χ2n) is 8.55. The summed E-state index contributed by atoms with van der Waals surface area (Å²) >= 11 is 0. The molecule has 4 rings (SSSR count). The van der Waals surface area contributed by atoms with Crippen molar-refractivity contribution in [3.63, 3.8) is 0 Å². The van der Waals surface area contributed by atoms with Crippen LogP contribution in [0.1, 0.15) is 42.3 Å². The summed E-state index contributed by atoms with van der Waals surface area (Å²) in [6, 6.07) is 9.17. The largest absolute Gasteiger partial charge is 0.490 e. The molecule has 37 heavy (non-hydrogen) atoms. The third-order valence-electron chi connectivity index (χ3n) is 6.20. The maximum atomic E-state index is 12.5. The fourth-order valence-electron chi connectivity index (χ4n) is 4.47. The van der Waals surface area contributed by atoms with Crippen LogP contribution in [-0.4, -0.2) is 42.6 Å². The fraction of sp³-hybridized carbons (Fsp3) is 0.321. The van der Waals surface area contributed by atoms with Gasteiger partial charge in [0.2, 0.25) is 5.91 Å². The number of hydrogen-bond donors (Lipinski definition) is 4. The Balaban J connectivity index is 1.73. The summed E-state index contributed by atoms with van der Waals surface area (Å²) in [6.07, 6.45) is 5.99. The number of nitrogens with zero attached hydrogens (tertiary/aromatic N) is 1. The minimum absolute atomic E-state index is 0.0705. The van der Waals surface area contributed by atoms with Gasteiger partial charge in [0.05, 0.1) is 30.0 Å². The number of hydrogen-bond acceptors (Lipinski definition) is 7. The molecular weight excluding hydrogens is 470 g/mol. The Morgan fingerprint density at radius 1 is 1.14 bits per heavy atom. The fourth-order valence-corrected chi connectivity index (χ4v) is 4.47. The minimum atomic E-state index is -0.595. The first-order valence-corrected chi connectivity index (χ1v) is 12.5. The van der Waals surface area contributed by atoms with Crippen LogP contribution in [0.5, 0.6) is 11.5 Å². The van der Waals surface area contributed by atoms with Crippen molar-refractivity contribution < 1.29 is 19.1 Å². The molecule has 0 spiro atoms. The number of primary amides is 1. The van der Waals surface area contributed by atoms with Crippen LogP contribution in [0, 0.1) is 0 Å². The molecule has 194 valence electrons. The number of nitrogens with two attached hydrogens (primary N) is 1. The van der Waals surface area contributed by atoms with Crippen molar-refractivity contribution in [3.05, 3.63) is 65.4 Å². The number of carbonyl (C=O) groups excluding carboxylic acids is 2. The standard InChI is InChI=1S/C28H33N5O4/c1-4-18-17(15-32-28(35)22-11-8-12-30-22)9-7-10-21(18)33-26-19-13-24(36-5-2)25(37-6-3)14-23(19)31-16-20(26)27(29)34/h7-11,13-14,16,22,30H,4-6,12,15H2,1-3H3,(H2,29,34)(H,31,33)(H,32,35)/t22-/m0/s1. The van der Waals surface area contributed by atoms with Gasteiger partial charge in [0, 0.05) is 36.4 Å². The first-order valence-electron chi connectivity index (χ1n) is 12.5. The number of ether oxygens (including phenoxy) is 2. The Morgan fingerprint density at radius 2 is 1.89 bits per heavy atom. The van der Waals surface area contributed by atoms with Gasteiger partial charge in [0.15, 0.2) is 11.5 Å². The number of carbonyl (C=O) groups is 2. The van der Waals surface area contributed by atoms with E-state index in [0.29, 0.717) is 60.8 Å². The van der Waals surface area contributed by atoms with E-state index in [-0.39, 0.29) is 17.5 Å². The summed E-state index contributed by atoms with van der Waals surface area (Å²) < 4.78 is 11.6. The Hall–Kier alpha value is -4.11. The first-order chi connectivity index (χ1) is 18.0. The molecule has 0 bridgehead atoms. The lowest BCUT2D eigenvalue weighted by Gasteiger charge is -2.20. The van der Waals surface area contributed by atoms with Gasteiger partial charge in [0.25, 0.3) is 5.91 Å². The second kappa shape index (κ2) is 11.7. The zero-order valence-electron chi connectivity index (χ0n) is 21.4. The minimum Gasteiger partial charge on any atom is -0.490 e. The molecule has 0 saturated heterocycles. The van der Waals surface area contributed by atoms with E-state index in [9.17, 15) is 9.59 Å². The molecule has 9 nitrogen and oxygen atoms in total. The Kier molecular flexibility index (Phi) is 8.25. The van der Waals surface area contributed by atoms with E-state index < -0.39 is 5.91 Å². The van der Waals surface area contributed by atoms with Gasteiger partial charge in [-0.05, 0) is 43.5 Å². The van der Waals surface area contributed by atoms with Crippen molar-refractivity contribution in [2.45, 2.75) is 39.8 Å². The maximum absolute atomic E-state index is 12.5. The summed E-state index contributed by atoms with van der Waals surface area (Å²) in [5.74, 6) is 0.479. The van der Waals surface area contributed by atoms with Crippen molar-refractivity contribution in [1.82, 2.24) is 15.6 Å². The molecule has 0 fully saturated rings. The molecule has 0 saturated carbocycles. The van der Waals surface area contributed by atoms with Crippen molar-refractivity contribution >= 4 is 34.1 Å².